The number of nitrogen functional groups attached to an aromatic ring is 1. The maximum absolute atomic E-state index is 5.39. The van der Waals surface area contributed by atoms with Gasteiger partial charge in [-0.2, -0.15) is 15.0 Å². The minimum Gasteiger partial charge on any atom is -0.349 e. The molecule has 3 aromatic heterocycles. The largest absolute Gasteiger partial charge is 0.349 e. The van der Waals surface area contributed by atoms with Crippen molar-refractivity contribution >= 4 is 39.2 Å². The van der Waals surface area contributed by atoms with Crippen LogP contribution in [0.15, 0.2) is 34.6 Å². The van der Waals surface area contributed by atoms with Crippen LogP contribution in [0.4, 0.5) is 11.9 Å². The highest BCUT2D eigenvalue weighted by Crippen LogP contribution is 2.20. The van der Waals surface area contributed by atoms with Crippen molar-refractivity contribution in [1.29, 1.82) is 0 Å². The third kappa shape index (κ3) is 3.35. The second-order valence-corrected chi connectivity index (χ2v) is 5.89. The van der Waals surface area contributed by atoms with Gasteiger partial charge in [0.1, 0.15) is 6.33 Å². The smallest absolute Gasteiger partial charge is 0.243 e. The number of thiophene rings is 1. The van der Waals surface area contributed by atoms with E-state index >= 15 is 0 Å². The van der Waals surface area contributed by atoms with E-state index in [4.69, 9.17) is 5.84 Å². The average Bonchev–Trinajstić information content (AvgIpc) is 3.16. The van der Waals surface area contributed by atoms with E-state index in [9.17, 15) is 0 Å². The van der Waals surface area contributed by atoms with Crippen LogP contribution < -0.4 is 16.6 Å². The number of nitrogens with two attached hydrogens (primary N) is 1. The van der Waals surface area contributed by atoms with E-state index in [0.717, 1.165) is 9.35 Å². The average molecular weight is 367 g/mol. The maximum atomic E-state index is 5.39. The van der Waals surface area contributed by atoms with Gasteiger partial charge in [0.2, 0.25) is 17.8 Å². The molecule has 3 rings (SSSR count). The summed E-state index contributed by atoms with van der Waals surface area (Å²) in [6.45, 7) is 0.619. The lowest BCUT2D eigenvalue weighted by Crippen LogP contribution is -2.15. The molecule has 108 valence electrons. The van der Waals surface area contributed by atoms with Gasteiger partial charge in [-0.05, 0) is 22.0 Å². The molecule has 0 aliphatic heterocycles. The van der Waals surface area contributed by atoms with Gasteiger partial charge in [0.15, 0.2) is 0 Å². The number of hydrogen-bond donors (Lipinski definition) is 3. The van der Waals surface area contributed by atoms with E-state index in [1.807, 2.05) is 11.4 Å². The first-order chi connectivity index (χ1) is 10.2. The fraction of sp³-hybridized carbons (Fsp3) is 0.0909. The van der Waals surface area contributed by atoms with Crippen LogP contribution >= 0.6 is 27.3 Å². The van der Waals surface area contributed by atoms with Crippen LogP contribution in [0, 0.1) is 0 Å². The summed E-state index contributed by atoms with van der Waals surface area (Å²) in [5, 5.41) is 5.17. The fourth-order valence-electron chi connectivity index (χ4n) is 1.61. The highest BCUT2D eigenvalue weighted by molar-refractivity contribution is 9.10. The summed E-state index contributed by atoms with van der Waals surface area (Å²) in [5.41, 5.74) is 2.43. The van der Waals surface area contributed by atoms with Crippen LogP contribution in [0.3, 0.4) is 0 Å². The molecule has 0 amide bonds. The van der Waals surface area contributed by atoms with Gasteiger partial charge in [0, 0.05) is 27.1 Å². The Morgan fingerprint density at radius 2 is 2.14 bits per heavy atom. The van der Waals surface area contributed by atoms with Gasteiger partial charge in [-0.1, -0.05) is 0 Å². The van der Waals surface area contributed by atoms with Crippen molar-refractivity contribution in [1.82, 2.24) is 24.5 Å². The summed E-state index contributed by atoms with van der Waals surface area (Å²) in [7, 11) is 0. The molecule has 0 aromatic carbocycles. The summed E-state index contributed by atoms with van der Waals surface area (Å²) in [4.78, 5) is 17.8. The Balaban J connectivity index is 1.82. The first-order valence-corrected chi connectivity index (χ1v) is 7.59. The number of nitrogens with zero attached hydrogens (tertiary/aromatic N) is 5. The van der Waals surface area contributed by atoms with Crippen LogP contribution in [-0.4, -0.2) is 24.5 Å². The van der Waals surface area contributed by atoms with Crippen molar-refractivity contribution in [2.75, 3.05) is 10.7 Å². The predicted octanol–water partition coefficient (Wildman–Crippen LogP) is 1.78. The van der Waals surface area contributed by atoms with Crippen molar-refractivity contribution in [3.8, 4) is 5.95 Å². The summed E-state index contributed by atoms with van der Waals surface area (Å²) in [5.74, 6) is 6.54. The molecule has 0 spiro atoms. The first-order valence-electron chi connectivity index (χ1n) is 5.92. The van der Waals surface area contributed by atoms with Crippen LogP contribution in [0.25, 0.3) is 5.95 Å². The third-order valence-electron chi connectivity index (χ3n) is 2.53. The predicted molar refractivity (Wildman–Crippen MR) is 84.1 cm³/mol. The van der Waals surface area contributed by atoms with E-state index < -0.39 is 0 Å². The summed E-state index contributed by atoms with van der Waals surface area (Å²) in [6.07, 6.45) is 5.00. The van der Waals surface area contributed by atoms with Crippen molar-refractivity contribution in [2.24, 2.45) is 5.84 Å². The van der Waals surface area contributed by atoms with E-state index in [1.54, 1.807) is 34.6 Å². The minimum absolute atomic E-state index is 0.281. The van der Waals surface area contributed by atoms with Crippen molar-refractivity contribution in [3.63, 3.8) is 0 Å². The lowest BCUT2D eigenvalue weighted by molar-refractivity contribution is 0.889. The van der Waals surface area contributed by atoms with Crippen molar-refractivity contribution in [2.45, 2.75) is 6.54 Å². The van der Waals surface area contributed by atoms with Gasteiger partial charge in [0.05, 0.1) is 6.54 Å². The molecular formula is C11H11BrN8S. The number of rotatable bonds is 5. The molecule has 21 heavy (non-hydrogen) atoms. The molecule has 0 aliphatic rings. The van der Waals surface area contributed by atoms with Gasteiger partial charge in [-0.25, -0.2) is 10.8 Å². The minimum atomic E-state index is 0.281. The fourth-order valence-corrected chi connectivity index (χ4v) is 3.00. The van der Waals surface area contributed by atoms with E-state index in [2.05, 4.69) is 46.6 Å². The number of imidazole rings is 1. The van der Waals surface area contributed by atoms with Crippen molar-refractivity contribution in [3.05, 3.63) is 39.5 Å². The summed E-state index contributed by atoms with van der Waals surface area (Å²) < 4.78 is 2.73. The highest BCUT2D eigenvalue weighted by atomic mass is 79.9. The molecule has 8 nitrogen and oxygen atoms in total. The number of aromatic nitrogens is 5. The van der Waals surface area contributed by atoms with E-state index in [0.29, 0.717) is 18.4 Å². The van der Waals surface area contributed by atoms with Gasteiger partial charge in [0.25, 0.3) is 0 Å². The molecule has 0 saturated heterocycles. The van der Waals surface area contributed by atoms with Crippen molar-refractivity contribution < 1.29 is 0 Å². The second-order valence-electron chi connectivity index (χ2n) is 3.98. The molecule has 10 heteroatoms. The molecule has 0 atom stereocenters. The zero-order chi connectivity index (χ0) is 14.7. The van der Waals surface area contributed by atoms with Gasteiger partial charge >= 0.3 is 0 Å². The number of hydrogen-bond acceptors (Lipinski definition) is 8. The lowest BCUT2D eigenvalue weighted by Gasteiger charge is -2.08. The van der Waals surface area contributed by atoms with Gasteiger partial charge in [-0.15, -0.1) is 11.3 Å². The normalized spacial score (nSPS) is 10.6. The summed E-state index contributed by atoms with van der Waals surface area (Å²) in [6, 6.07) is 2.04. The van der Waals surface area contributed by atoms with E-state index in [1.165, 1.54) is 0 Å². The highest BCUT2D eigenvalue weighted by Gasteiger charge is 2.07. The Kier molecular flexibility index (Phi) is 4.08. The van der Waals surface area contributed by atoms with Gasteiger partial charge in [-0.3, -0.25) is 9.99 Å². The first kappa shape index (κ1) is 13.9. The number of anilines is 2. The molecule has 0 aliphatic carbocycles. The van der Waals surface area contributed by atoms with Crippen LogP contribution in [0.5, 0.6) is 0 Å². The quantitative estimate of drug-likeness (QED) is 0.466. The van der Waals surface area contributed by atoms with Crippen LogP contribution in [0.2, 0.25) is 0 Å². The molecule has 0 bridgehead atoms. The number of halogens is 1. The molecular weight excluding hydrogens is 356 g/mol. The Morgan fingerprint density at radius 3 is 2.81 bits per heavy atom. The topological polar surface area (TPSA) is 107 Å². The number of nitrogens with one attached hydrogen (secondary N) is 2. The molecule has 3 aromatic rings. The Bertz CT molecular complexity index is 726. The molecule has 0 radical (unpaired) electrons. The molecule has 0 fully saturated rings. The second kappa shape index (κ2) is 6.16. The standard InChI is InChI=1S/C11H11BrN8S/c12-7-3-8(21-5-7)4-15-9-16-10(19-13)18-11(17-9)20-2-1-14-6-20/h1-3,5-6H,4,13H2,(H2,15,16,17,18,19). The number of hydrazine groups is 1. The van der Waals surface area contributed by atoms with E-state index in [-0.39, 0.29) is 5.95 Å². The Morgan fingerprint density at radius 1 is 1.29 bits per heavy atom. The lowest BCUT2D eigenvalue weighted by atomic mass is 10.5. The zero-order valence-electron chi connectivity index (χ0n) is 10.7. The van der Waals surface area contributed by atoms with Crippen LogP contribution in [0.1, 0.15) is 4.88 Å². The summed E-state index contributed by atoms with van der Waals surface area (Å²) >= 11 is 5.07. The SMILES string of the molecule is NNc1nc(NCc2cc(Br)cs2)nc(-n2ccnc2)n1. The third-order valence-corrected chi connectivity index (χ3v) is 4.23. The molecule has 3 heterocycles. The maximum Gasteiger partial charge on any atom is 0.243 e. The molecule has 0 unspecified atom stereocenters. The monoisotopic (exact) mass is 366 g/mol. The Labute approximate surface area is 132 Å². The molecule has 0 saturated carbocycles. The molecule has 4 N–H and O–H groups in total. The Hall–Kier alpha value is -2.04. The zero-order valence-corrected chi connectivity index (χ0v) is 13.1. The van der Waals surface area contributed by atoms with Crippen LogP contribution in [-0.2, 0) is 6.54 Å². The van der Waals surface area contributed by atoms with Gasteiger partial charge < -0.3 is 5.32 Å².